The summed E-state index contributed by atoms with van der Waals surface area (Å²) < 4.78 is 5.26. The molecule has 2 atom stereocenters. The minimum atomic E-state index is -0.891. The number of carbonyl (C=O) groups is 2. The average molecular weight is 298 g/mol. The van der Waals surface area contributed by atoms with Crippen molar-refractivity contribution in [2.45, 2.75) is 45.2 Å². The third-order valence-corrected chi connectivity index (χ3v) is 4.35. The zero-order valence-corrected chi connectivity index (χ0v) is 13.1. The number of carbonyl (C=O) groups excluding carboxylic acids is 1. The zero-order chi connectivity index (χ0) is 15.6. The molecule has 1 saturated carbocycles. The molecule has 0 aromatic rings. The molecule has 1 N–H and O–H groups in total. The van der Waals surface area contributed by atoms with Gasteiger partial charge in [-0.1, -0.05) is 13.8 Å². The Morgan fingerprint density at radius 3 is 2.48 bits per heavy atom. The molecule has 2 amide bonds. The summed E-state index contributed by atoms with van der Waals surface area (Å²) in [6, 6.07) is -0.0838. The van der Waals surface area contributed by atoms with Gasteiger partial charge in [-0.15, -0.1) is 0 Å². The highest BCUT2D eigenvalue weighted by molar-refractivity contribution is 5.77. The molecule has 6 heteroatoms. The molecule has 1 heterocycles. The molecule has 0 aromatic carbocycles. The van der Waals surface area contributed by atoms with E-state index in [0.29, 0.717) is 18.6 Å². The van der Waals surface area contributed by atoms with Crippen molar-refractivity contribution in [3.8, 4) is 0 Å². The van der Waals surface area contributed by atoms with E-state index in [2.05, 4.69) is 13.8 Å². The van der Waals surface area contributed by atoms with Crippen LogP contribution in [0, 0.1) is 11.8 Å². The van der Waals surface area contributed by atoms with E-state index in [1.165, 1.54) is 0 Å². The highest BCUT2D eigenvalue weighted by Gasteiger charge is 2.41. The number of carboxylic acid groups (broad SMARTS) is 1. The fourth-order valence-corrected chi connectivity index (χ4v) is 2.72. The van der Waals surface area contributed by atoms with Crippen molar-refractivity contribution in [1.82, 2.24) is 9.80 Å². The minimum Gasteiger partial charge on any atom is -0.481 e. The molecular formula is C15H26N2O4. The summed E-state index contributed by atoms with van der Waals surface area (Å²) in [7, 11) is 1.70. The Morgan fingerprint density at radius 2 is 1.95 bits per heavy atom. The van der Waals surface area contributed by atoms with Gasteiger partial charge in [-0.2, -0.15) is 0 Å². The van der Waals surface area contributed by atoms with Crippen molar-refractivity contribution in [1.29, 1.82) is 0 Å². The Hall–Kier alpha value is -1.30. The number of aliphatic carboxylic acids is 1. The van der Waals surface area contributed by atoms with E-state index < -0.39 is 11.9 Å². The van der Waals surface area contributed by atoms with Crippen molar-refractivity contribution in [2.75, 3.05) is 26.8 Å². The summed E-state index contributed by atoms with van der Waals surface area (Å²) in [4.78, 5) is 27.4. The first kappa shape index (κ1) is 16.1. The number of hydrogen-bond acceptors (Lipinski definition) is 3. The van der Waals surface area contributed by atoms with Gasteiger partial charge in [-0.3, -0.25) is 4.79 Å². The maximum atomic E-state index is 12.7. The normalized spacial score (nSPS) is 25.1. The van der Waals surface area contributed by atoms with Gasteiger partial charge in [-0.25, -0.2) is 4.79 Å². The SMILES string of the molecule is CC(C)CCN(C(=O)N(C)C1COCC1C(=O)O)C1CC1. The number of carboxylic acids is 1. The third kappa shape index (κ3) is 3.87. The van der Waals surface area contributed by atoms with Crippen LogP contribution in [0.3, 0.4) is 0 Å². The van der Waals surface area contributed by atoms with Crippen molar-refractivity contribution < 1.29 is 19.4 Å². The van der Waals surface area contributed by atoms with Crippen LogP contribution in [0.1, 0.15) is 33.1 Å². The Bertz CT molecular complexity index is 395. The fraction of sp³-hybridized carbons (Fsp3) is 0.867. The van der Waals surface area contributed by atoms with E-state index in [9.17, 15) is 14.7 Å². The van der Waals surface area contributed by atoms with Crippen molar-refractivity contribution in [2.24, 2.45) is 11.8 Å². The third-order valence-electron chi connectivity index (χ3n) is 4.35. The number of nitrogens with zero attached hydrogens (tertiary/aromatic N) is 2. The van der Waals surface area contributed by atoms with Crippen LogP contribution < -0.4 is 0 Å². The summed E-state index contributed by atoms with van der Waals surface area (Å²) in [5, 5.41) is 9.22. The molecule has 0 aromatic heterocycles. The standard InChI is InChI=1S/C15H26N2O4/c1-10(2)6-7-17(11-4-5-11)15(20)16(3)13-9-21-8-12(13)14(18)19/h10-13H,4-9H2,1-3H3,(H,18,19). The van der Waals surface area contributed by atoms with Gasteiger partial charge in [0.2, 0.25) is 0 Å². The minimum absolute atomic E-state index is 0.0556. The lowest BCUT2D eigenvalue weighted by molar-refractivity contribution is -0.142. The largest absolute Gasteiger partial charge is 0.481 e. The maximum absolute atomic E-state index is 12.7. The van der Waals surface area contributed by atoms with Crippen LogP contribution in [0.2, 0.25) is 0 Å². The van der Waals surface area contributed by atoms with Gasteiger partial charge in [0, 0.05) is 19.6 Å². The number of likely N-dealkylation sites (N-methyl/N-ethyl adjacent to an activating group) is 1. The number of urea groups is 1. The molecule has 2 unspecified atom stereocenters. The topological polar surface area (TPSA) is 70.1 Å². The van der Waals surface area contributed by atoms with Crippen LogP contribution in [0.15, 0.2) is 0 Å². The number of amides is 2. The van der Waals surface area contributed by atoms with Gasteiger partial charge in [0.25, 0.3) is 0 Å². The molecule has 120 valence electrons. The van der Waals surface area contributed by atoms with E-state index in [0.717, 1.165) is 25.8 Å². The van der Waals surface area contributed by atoms with Crippen molar-refractivity contribution in [3.05, 3.63) is 0 Å². The van der Waals surface area contributed by atoms with Crippen molar-refractivity contribution >= 4 is 12.0 Å². The second-order valence-corrected chi connectivity index (χ2v) is 6.55. The van der Waals surface area contributed by atoms with E-state index >= 15 is 0 Å². The zero-order valence-electron chi connectivity index (χ0n) is 13.1. The van der Waals surface area contributed by atoms with Gasteiger partial charge in [0.15, 0.2) is 0 Å². The molecule has 1 aliphatic carbocycles. The lowest BCUT2D eigenvalue weighted by atomic mass is 10.0. The lowest BCUT2D eigenvalue weighted by Gasteiger charge is -2.33. The van der Waals surface area contributed by atoms with Crippen LogP contribution in [0.25, 0.3) is 0 Å². The Balaban J connectivity index is 2.00. The van der Waals surface area contributed by atoms with Crippen LogP contribution in [0.5, 0.6) is 0 Å². The molecule has 2 aliphatic rings. The summed E-state index contributed by atoms with van der Waals surface area (Å²) in [5.74, 6) is -0.964. The first-order valence-electron chi connectivity index (χ1n) is 7.75. The monoisotopic (exact) mass is 298 g/mol. The maximum Gasteiger partial charge on any atom is 0.320 e. The molecule has 2 rings (SSSR count). The van der Waals surface area contributed by atoms with E-state index in [1.54, 1.807) is 11.9 Å². The Kier molecular flexibility index (Phi) is 5.08. The fourth-order valence-electron chi connectivity index (χ4n) is 2.72. The quantitative estimate of drug-likeness (QED) is 0.809. The Labute approximate surface area is 126 Å². The predicted molar refractivity (Wildman–Crippen MR) is 78.1 cm³/mol. The van der Waals surface area contributed by atoms with E-state index in [-0.39, 0.29) is 18.7 Å². The summed E-state index contributed by atoms with van der Waals surface area (Å²) in [6.07, 6.45) is 3.09. The first-order valence-corrected chi connectivity index (χ1v) is 7.75. The number of rotatable bonds is 6. The molecule has 0 radical (unpaired) electrons. The highest BCUT2D eigenvalue weighted by Crippen LogP contribution is 2.29. The van der Waals surface area contributed by atoms with Crippen LogP contribution in [-0.2, 0) is 9.53 Å². The lowest BCUT2D eigenvalue weighted by Crippen LogP contribution is -2.50. The molecule has 1 saturated heterocycles. The van der Waals surface area contributed by atoms with E-state index in [1.807, 2.05) is 4.90 Å². The van der Waals surface area contributed by atoms with Gasteiger partial charge in [0.1, 0.15) is 5.92 Å². The summed E-state index contributed by atoms with van der Waals surface area (Å²) >= 11 is 0. The molecular weight excluding hydrogens is 272 g/mol. The Morgan fingerprint density at radius 1 is 1.29 bits per heavy atom. The van der Waals surface area contributed by atoms with Gasteiger partial charge in [0.05, 0.1) is 19.3 Å². The second kappa shape index (κ2) is 6.64. The summed E-state index contributed by atoms with van der Waals surface area (Å²) in [6.45, 7) is 5.53. The molecule has 0 bridgehead atoms. The van der Waals surface area contributed by atoms with Crippen LogP contribution in [-0.4, -0.2) is 65.8 Å². The summed E-state index contributed by atoms with van der Waals surface area (Å²) in [5.41, 5.74) is 0. The highest BCUT2D eigenvalue weighted by atomic mass is 16.5. The average Bonchev–Trinajstić information content (AvgIpc) is 3.12. The van der Waals surface area contributed by atoms with Crippen LogP contribution in [0.4, 0.5) is 4.79 Å². The van der Waals surface area contributed by atoms with Gasteiger partial charge < -0.3 is 19.6 Å². The first-order chi connectivity index (χ1) is 9.91. The van der Waals surface area contributed by atoms with Gasteiger partial charge in [-0.05, 0) is 25.2 Å². The van der Waals surface area contributed by atoms with Crippen LogP contribution >= 0.6 is 0 Å². The van der Waals surface area contributed by atoms with Crippen molar-refractivity contribution in [3.63, 3.8) is 0 Å². The molecule has 2 fully saturated rings. The van der Waals surface area contributed by atoms with Gasteiger partial charge >= 0.3 is 12.0 Å². The second-order valence-electron chi connectivity index (χ2n) is 6.55. The molecule has 21 heavy (non-hydrogen) atoms. The smallest absolute Gasteiger partial charge is 0.320 e. The molecule has 1 aliphatic heterocycles. The predicted octanol–water partition coefficient (Wildman–Crippen LogP) is 1.65. The molecule has 0 spiro atoms. The van der Waals surface area contributed by atoms with E-state index in [4.69, 9.17) is 4.74 Å². The number of hydrogen-bond donors (Lipinski definition) is 1. The molecule has 6 nitrogen and oxygen atoms in total. The number of ether oxygens (including phenoxy) is 1.